The average Bonchev–Trinajstić information content (AvgIpc) is 2.82. The second-order valence-corrected chi connectivity index (χ2v) is 6.81. The molecule has 4 heteroatoms. The molecule has 21 heavy (non-hydrogen) atoms. The van der Waals surface area contributed by atoms with E-state index in [0.717, 1.165) is 18.8 Å². The van der Waals surface area contributed by atoms with Crippen LogP contribution in [0.25, 0.3) is 0 Å². The Labute approximate surface area is 132 Å². The molecule has 2 rings (SSSR count). The molecule has 1 heterocycles. The number of hydrogen-bond donors (Lipinski definition) is 1. The smallest absolute Gasteiger partial charge is 0.0798 e. The maximum Gasteiger partial charge on any atom is 0.0798 e. The van der Waals surface area contributed by atoms with Crippen molar-refractivity contribution in [1.82, 2.24) is 10.3 Å². The van der Waals surface area contributed by atoms with E-state index in [9.17, 15) is 0 Å². The van der Waals surface area contributed by atoms with Crippen LogP contribution in [0, 0.1) is 13.8 Å². The largest absolute Gasteiger partial charge is 0.369 e. The lowest BCUT2D eigenvalue weighted by Gasteiger charge is -2.22. The van der Waals surface area contributed by atoms with E-state index in [4.69, 9.17) is 0 Å². The van der Waals surface area contributed by atoms with Crippen LogP contribution >= 0.6 is 11.3 Å². The van der Waals surface area contributed by atoms with Gasteiger partial charge in [-0.1, -0.05) is 26.0 Å². The first-order chi connectivity index (χ1) is 9.97. The van der Waals surface area contributed by atoms with Crippen molar-refractivity contribution in [2.24, 2.45) is 0 Å². The molecule has 1 N–H and O–H groups in total. The second-order valence-electron chi connectivity index (χ2n) is 5.87. The van der Waals surface area contributed by atoms with Crippen molar-refractivity contribution >= 4 is 17.0 Å². The van der Waals surface area contributed by atoms with Crippen molar-refractivity contribution in [3.8, 4) is 0 Å². The molecule has 1 aromatic heterocycles. The Morgan fingerprint density at radius 3 is 2.62 bits per heavy atom. The number of anilines is 1. The van der Waals surface area contributed by atoms with Crippen LogP contribution in [0.1, 0.15) is 35.5 Å². The lowest BCUT2D eigenvalue weighted by Crippen LogP contribution is -2.22. The van der Waals surface area contributed by atoms with Gasteiger partial charge in [0.1, 0.15) is 0 Å². The molecule has 0 aliphatic heterocycles. The molecule has 0 saturated heterocycles. The Hall–Kier alpha value is -1.39. The SMILES string of the molecule is Cc1cc(CNC(C)C)ccc1N(C)Cc1scnc1C. The summed E-state index contributed by atoms with van der Waals surface area (Å²) in [4.78, 5) is 7.96. The molecule has 0 saturated carbocycles. The molecule has 0 spiro atoms. The van der Waals surface area contributed by atoms with Gasteiger partial charge in [-0.2, -0.15) is 0 Å². The van der Waals surface area contributed by atoms with Gasteiger partial charge < -0.3 is 10.2 Å². The Kier molecular flexibility index (Phi) is 5.37. The third-order valence-electron chi connectivity index (χ3n) is 3.61. The molecule has 0 radical (unpaired) electrons. The Bertz CT molecular complexity index is 589. The minimum absolute atomic E-state index is 0.516. The Morgan fingerprint density at radius 2 is 2.05 bits per heavy atom. The van der Waals surface area contributed by atoms with Crippen molar-refractivity contribution in [2.45, 2.75) is 46.8 Å². The van der Waals surface area contributed by atoms with Crippen LogP contribution in [-0.2, 0) is 13.1 Å². The fourth-order valence-electron chi connectivity index (χ4n) is 2.36. The highest BCUT2D eigenvalue weighted by atomic mass is 32.1. The quantitative estimate of drug-likeness (QED) is 0.877. The van der Waals surface area contributed by atoms with Crippen LogP contribution in [0.4, 0.5) is 5.69 Å². The Balaban J connectivity index is 2.07. The van der Waals surface area contributed by atoms with E-state index in [2.05, 4.69) is 68.1 Å². The van der Waals surface area contributed by atoms with Gasteiger partial charge >= 0.3 is 0 Å². The zero-order valence-electron chi connectivity index (χ0n) is 13.6. The molecule has 1 aromatic carbocycles. The normalized spacial score (nSPS) is 11.1. The topological polar surface area (TPSA) is 28.2 Å². The van der Waals surface area contributed by atoms with E-state index in [1.165, 1.54) is 21.7 Å². The summed E-state index contributed by atoms with van der Waals surface area (Å²) in [5.41, 5.74) is 7.01. The van der Waals surface area contributed by atoms with E-state index >= 15 is 0 Å². The van der Waals surface area contributed by atoms with Gasteiger partial charge in [0.15, 0.2) is 0 Å². The number of thiazole rings is 1. The summed E-state index contributed by atoms with van der Waals surface area (Å²) < 4.78 is 0. The van der Waals surface area contributed by atoms with E-state index in [0.29, 0.717) is 6.04 Å². The summed E-state index contributed by atoms with van der Waals surface area (Å²) in [5.74, 6) is 0. The molecule has 114 valence electrons. The van der Waals surface area contributed by atoms with Crippen molar-refractivity contribution in [3.05, 3.63) is 45.4 Å². The Morgan fingerprint density at radius 1 is 1.29 bits per heavy atom. The first-order valence-electron chi connectivity index (χ1n) is 7.40. The van der Waals surface area contributed by atoms with Crippen molar-refractivity contribution in [2.75, 3.05) is 11.9 Å². The van der Waals surface area contributed by atoms with Crippen LogP contribution in [0.5, 0.6) is 0 Å². The second kappa shape index (κ2) is 7.05. The van der Waals surface area contributed by atoms with Crippen LogP contribution in [0.2, 0.25) is 0 Å². The third kappa shape index (κ3) is 4.29. The standard InChI is InChI=1S/C17H25N3S/c1-12(2)18-9-15-6-7-16(13(3)8-15)20(5)10-17-14(4)19-11-21-17/h6-8,11-12,18H,9-10H2,1-5H3. The minimum atomic E-state index is 0.516. The average molecular weight is 303 g/mol. The summed E-state index contributed by atoms with van der Waals surface area (Å²) in [6, 6.07) is 7.24. The predicted octanol–water partition coefficient (Wildman–Crippen LogP) is 3.89. The fraction of sp³-hybridized carbons (Fsp3) is 0.471. The number of hydrogen-bond acceptors (Lipinski definition) is 4. The molecule has 0 atom stereocenters. The van der Waals surface area contributed by atoms with Gasteiger partial charge in [0.25, 0.3) is 0 Å². The summed E-state index contributed by atoms with van der Waals surface area (Å²) in [7, 11) is 2.15. The van der Waals surface area contributed by atoms with Crippen molar-refractivity contribution < 1.29 is 0 Å². The van der Waals surface area contributed by atoms with Gasteiger partial charge in [-0.25, -0.2) is 4.98 Å². The molecular weight excluding hydrogens is 278 g/mol. The van der Waals surface area contributed by atoms with Crippen LogP contribution in [0.3, 0.4) is 0 Å². The minimum Gasteiger partial charge on any atom is -0.369 e. The first-order valence-corrected chi connectivity index (χ1v) is 8.28. The summed E-state index contributed by atoms with van der Waals surface area (Å²) >= 11 is 1.73. The van der Waals surface area contributed by atoms with E-state index in [1.807, 2.05) is 5.51 Å². The van der Waals surface area contributed by atoms with E-state index < -0.39 is 0 Å². The van der Waals surface area contributed by atoms with Crippen LogP contribution in [0.15, 0.2) is 23.7 Å². The number of nitrogens with zero attached hydrogens (tertiary/aromatic N) is 2. The van der Waals surface area contributed by atoms with Gasteiger partial charge in [0.2, 0.25) is 0 Å². The van der Waals surface area contributed by atoms with Gasteiger partial charge in [-0.3, -0.25) is 0 Å². The number of aryl methyl sites for hydroxylation is 2. The fourth-order valence-corrected chi connectivity index (χ4v) is 3.19. The highest BCUT2D eigenvalue weighted by Crippen LogP contribution is 2.24. The number of aromatic nitrogens is 1. The van der Waals surface area contributed by atoms with Gasteiger partial charge in [-0.05, 0) is 31.0 Å². The molecule has 0 unspecified atom stereocenters. The highest BCUT2D eigenvalue weighted by molar-refractivity contribution is 7.09. The van der Waals surface area contributed by atoms with Crippen LogP contribution < -0.4 is 10.2 Å². The molecule has 3 nitrogen and oxygen atoms in total. The van der Waals surface area contributed by atoms with Crippen LogP contribution in [-0.4, -0.2) is 18.1 Å². The summed E-state index contributed by atoms with van der Waals surface area (Å²) in [6.45, 7) is 10.5. The molecule has 2 aromatic rings. The molecule has 0 aliphatic carbocycles. The van der Waals surface area contributed by atoms with Gasteiger partial charge in [0, 0.05) is 30.2 Å². The first kappa shape index (κ1) is 16.0. The van der Waals surface area contributed by atoms with Gasteiger partial charge in [0.05, 0.1) is 17.7 Å². The summed E-state index contributed by atoms with van der Waals surface area (Å²) in [6.07, 6.45) is 0. The zero-order valence-corrected chi connectivity index (χ0v) is 14.4. The maximum atomic E-state index is 4.32. The van der Waals surface area contributed by atoms with Crippen molar-refractivity contribution in [3.63, 3.8) is 0 Å². The molecule has 0 fully saturated rings. The lowest BCUT2D eigenvalue weighted by atomic mass is 10.1. The number of rotatable bonds is 6. The summed E-state index contributed by atoms with van der Waals surface area (Å²) in [5, 5.41) is 3.46. The lowest BCUT2D eigenvalue weighted by molar-refractivity contribution is 0.588. The van der Waals surface area contributed by atoms with E-state index in [1.54, 1.807) is 11.3 Å². The monoisotopic (exact) mass is 303 g/mol. The zero-order chi connectivity index (χ0) is 15.4. The number of benzene rings is 1. The highest BCUT2D eigenvalue weighted by Gasteiger charge is 2.09. The van der Waals surface area contributed by atoms with E-state index in [-0.39, 0.29) is 0 Å². The molecule has 0 amide bonds. The number of nitrogens with one attached hydrogen (secondary N) is 1. The predicted molar refractivity (Wildman–Crippen MR) is 92.1 cm³/mol. The molecular formula is C17H25N3S. The molecule has 0 aliphatic rings. The van der Waals surface area contributed by atoms with Gasteiger partial charge in [-0.15, -0.1) is 11.3 Å². The van der Waals surface area contributed by atoms with Crippen molar-refractivity contribution in [1.29, 1.82) is 0 Å². The molecule has 0 bridgehead atoms. The maximum absolute atomic E-state index is 4.32. The third-order valence-corrected chi connectivity index (χ3v) is 4.53.